The van der Waals surface area contributed by atoms with Crippen LogP contribution in [0.4, 0.5) is 10.5 Å². The van der Waals surface area contributed by atoms with Crippen LogP contribution in [-0.4, -0.2) is 44.6 Å². The van der Waals surface area contributed by atoms with E-state index in [0.717, 1.165) is 47.6 Å². The van der Waals surface area contributed by atoms with Crippen LogP contribution in [0, 0.1) is 6.92 Å². The maximum atomic E-state index is 12.9. The van der Waals surface area contributed by atoms with E-state index in [1.165, 1.54) is 10.0 Å². The van der Waals surface area contributed by atoms with Crippen LogP contribution in [0.3, 0.4) is 0 Å². The molecule has 0 bridgehead atoms. The van der Waals surface area contributed by atoms with Gasteiger partial charge >= 0.3 is 6.03 Å². The lowest BCUT2D eigenvalue weighted by Gasteiger charge is -2.28. The maximum Gasteiger partial charge on any atom is 0.340 e. The summed E-state index contributed by atoms with van der Waals surface area (Å²) in [6.07, 6.45) is 2.41. The number of nitrogens with zero attached hydrogens (tertiary/aromatic N) is 4. The number of para-hydroxylation sites is 1. The van der Waals surface area contributed by atoms with Crippen LogP contribution in [0.5, 0.6) is 0 Å². The van der Waals surface area contributed by atoms with Crippen molar-refractivity contribution in [2.75, 3.05) is 18.4 Å². The molecular weight excluding hydrogens is 350 g/mol. The molecule has 0 saturated carbocycles. The van der Waals surface area contributed by atoms with E-state index in [1.807, 2.05) is 18.2 Å². The Bertz CT molecular complexity index is 797. The molecule has 0 unspecified atom stereocenters. The van der Waals surface area contributed by atoms with E-state index < -0.39 is 0 Å². The molecule has 1 aromatic heterocycles. The van der Waals surface area contributed by atoms with Gasteiger partial charge in [-0.05, 0) is 48.8 Å². The van der Waals surface area contributed by atoms with E-state index in [-0.39, 0.29) is 11.9 Å². The number of hydrogen-bond donors (Lipinski definition) is 1. The topological polar surface area (TPSA) is 78.4 Å². The number of aryl methyl sites for hydroxylation is 3. The van der Waals surface area contributed by atoms with Crippen molar-refractivity contribution in [3.63, 3.8) is 0 Å². The third-order valence-electron chi connectivity index (χ3n) is 4.58. The summed E-state index contributed by atoms with van der Waals surface area (Å²) in [5, 5.41) is 9.92. The Morgan fingerprint density at radius 2 is 1.81 bits per heavy atom. The quantitative estimate of drug-likeness (QED) is 0.892. The molecule has 1 fully saturated rings. The van der Waals surface area contributed by atoms with Crippen molar-refractivity contribution < 1.29 is 9.59 Å². The highest BCUT2D eigenvalue weighted by molar-refractivity contribution is 7.07. The highest BCUT2D eigenvalue weighted by atomic mass is 32.1. The summed E-state index contributed by atoms with van der Waals surface area (Å²) < 4.78 is 3.82. The Labute approximate surface area is 157 Å². The van der Waals surface area contributed by atoms with E-state index in [2.05, 4.69) is 28.8 Å². The SMILES string of the molecule is CCc1cccc(CC)c1NC(=O)N1CCCN1C(=O)c1snnc1C. The number of hydrogen-bond acceptors (Lipinski definition) is 5. The molecule has 1 saturated heterocycles. The molecule has 2 heterocycles. The van der Waals surface area contributed by atoms with Crippen molar-refractivity contribution in [3.05, 3.63) is 39.9 Å². The first-order valence-corrected chi connectivity index (χ1v) is 9.64. The van der Waals surface area contributed by atoms with Gasteiger partial charge in [-0.2, -0.15) is 0 Å². The first-order valence-electron chi connectivity index (χ1n) is 8.86. The molecule has 8 heteroatoms. The number of anilines is 1. The average molecular weight is 373 g/mol. The van der Waals surface area contributed by atoms with Gasteiger partial charge in [-0.3, -0.25) is 4.79 Å². The minimum atomic E-state index is -0.276. The molecule has 1 aromatic carbocycles. The van der Waals surface area contributed by atoms with E-state index in [1.54, 1.807) is 6.92 Å². The summed E-state index contributed by atoms with van der Waals surface area (Å²) in [5.41, 5.74) is 3.64. The molecule has 26 heavy (non-hydrogen) atoms. The van der Waals surface area contributed by atoms with E-state index >= 15 is 0 Å². The van der Waals surface area contributed by atoms with Crippen molar-refractivity contribution in [2.45, 2.75) is 40.0 Å². The standard InChI is InChI=1S/C18H23N5O2S/c1-4-13-8-6-9-14(5-2)15(13)19-18(25)23-11-7-10-22(23)17(24)16-12(3)20-21-26-16/h6,8-9H,4-5,7,10-11H2,1-3H3,(H,19,25). The fourth-order valence-corrected chi connectivity index (χ4v) is 3.75. The fraction of sp³-hybridized carbons (Fsp3) is 0.444. The van der Waals surface area contributed by atoms with Gasteiger partial charge in [0.1, 0.15) is 4.88 Å². The maximum absolute atomic E-state index is 12.9. The lowest BCUT2D eigenvalue weighted by molar-refractivity contribution is 0.0408. The second-order valence-corrected chi connectivity index (χ2v) is 6.94. The van der Waals surface area contributed by atoms with Crippen LogP contribution in [0.25, 0.3) is 0 Å². The van der Waals surface area contributed by atoms with Gasteiger partial charge < -0.3 is 5.32 Å². The molecule has 138 valence electrons. The summed E-state index contributed by atoms with van der Waals surface area (Å²) in [7, 11) is 0. The van der Waals surface area contributed by atoms with Crippen molar-refractivity contribution in [2.24, 2.45) is 0 Å². The Morgan fingerprint density at radius 1 is 1.15 bits per heavy atom. The Balaban J connectivity index is 1.82. The number of carbonyl (C=O) groups is 2. The Hall–Kier alpha value is -2.48. The zero-order chi connectivity index (χ0) is 18.7. The Morgan fingerprint density at radius 3 is 2.38 bits per heavy atom. The second-order valence-electron chi connectivity index (χ2n) is 6.18. The van der Waals surface area contributed by atoms with E-state index in [0.29, 0.717) is 23.7 Å². The van der Waals surface area contributed by atoms with Gasteiger partial charge in [-0.25, -0.2) is 14.8 Å². The lowest BCUT2D eigenvalue weighted by Crippen LogP contribution is -2.46. The van der Waals surface area contributed by atoms with Crippen LogP contribution >= 0.6 is 11.5 Å². The average Bonchev–Trinajstić information content (AvgIpc) is 3.30. The first-order chi connectivity index (χ1) is 12.6. The van der Waals surface area contributed by atoms with Gasteiger partial charge in [0.25, 0.3) is 5.91 Å². The molecule has 1 aliphatic rings. The summed E-state index contributed by atoms with van der Waals surface area (Å²) in [6, 6.07) is 5.78. The molecule has 2 aromatic rings. The monoisotopic (exact) mass is 373 g/mol. The molecule has 0 atom stereocenters. The minimum Gasteiger partial charge on any atom is -0.306 e. The van der Waals surface area contributed by atoms with Crippen LogP contribution in [-0.2, 0) is 12.8 Å². The fourth-order valence-electron chi connectivity index (χ4n) is 3.15. The first kappa shape index (κ1) is 18.3. The number of aromatic nitrogens is 2. The van der Waals surface area contributed by atoms with E-state index in [4.69, 9.17) is 0 Å². The van der Waals surface area contributed by atoms with E-state index in [9.17, 15) is 9.59 Å². The third kappa shape index (κ3) is 3.41. The minimum absolute atomic E-state index is 0.218. The smallest absolute Gasteiger partial charge is 0.306 e. The molecule has 0 radical (unpaired) electrons. The molecule has 3 amide bonds. The normalized spacial score (nSPS) is 14.0. The lowest BCUT2D eigenvalue weighted by atomic mass is 10.0. The van der Waals surface area contributed by atoms with Crippen molar-refractivity contribution >= 4 is 29.2 Å². The van der Waals surface area contributed by atoms with Gasteiger partial charge in [-0.15, -0.1) is 5.10 Å². The van der Waals surface area contributed by atoms with Gasteiger partial charge in [0.05, 0.1) is 5.69 Å². The summed E-state index contributed by atoms with van der Waals surface area (Å²) in [5.74, 6) is -0.218. The second kappa shape index (κ2) is 7.82. The van der Waals surface area contributed by atoms with Gasteiger partial charge in [-0.1, -0.05) is 36.5 Å². The highest BCUT2D eigenvalue weighted by Crippen LogP contribution is 2.25. The van der Waals surface area contributed by atoms with Gasteiger partial charge in [0.15, 0.2) is 0 Å². The number of benzene rings is 1. The number of nitrogens with one attached hydrogen (secondary N) is 1. The third-order valence-corrected chi connectivity index (χ3v) is 5.39. The van der Waals surface area contributed by atoms with Crippen molar-refractivity contribution in [1.29, 1.82) is 0 Å². The molecule has 7 nitrogen and oxygen atoms in total. The van der Waals surface area contributed by atoms with Crippen LogP contribution in [0.2, 0.25) is 0 Å². The largest absolute Gasteiger partial charge is 0.340 e. The van der Waals surface area contributed by atoms with Crippen LogP contribution in [0.15, 0.2) is 18.2 Å². The zero-order valence-electron chi connectivity index (χ0n) is 15.3. The number of rotatable bonds is 4. The van der Waals surface area contributed by atoms with Crippen molar-refractivity contribution in [1.82, 2.24) is 19.6 Å². The molecule has 0 spiro atoms. The number of carbonyl (C=O) groups excluding carboxylic acids is 2. The number of urea groups is 1. The molecule has 1 N–H and O–H groups in total. The highest BCUT2D eigenvalue weighted by Gasteiger charge is 2.33. The van der Waals surface area contributed by atoms with Crippen molar-refractivity contribution in [3.8, 4) is 0 Å². The predicted molar refractivity (Wildman–Crippen MR) is 101 cm³/mol. The number of hydrazine groups is 1. The molecule has 1 aliphatic heterocycles. The molecule has 0 aliphatic carbocycles. The predicted octanol–water partition coefficient (Wildman–Crippen LogP) is 3.27. The molecule has 3 rings (SSSR count). The van der Waals surface area contributed by atoms with Crippen LogP contribution in [0.1, 0.15) is 46.8 Å². The summed E-state index contributed by atoms with van der Waals surface area (Å²) in [4.78, 5) is 26.2. The summed E-state index contributed by atoms with van der Waals surface area (Å²) >= 11 is 1.06. The molecular formula is C18H23N5O2S. The Kier molecular flexibility index (Phi) is 5.51. The van der Waals surface area contributed by atoms with Gasteiger partial charge in [0, 0.05) is 18.8 Å². The summed E-state index contributed by atoms with van der Waals surface area (Å²) in [6.45, 7) is 6.91. The zero-order valence-corrected chi connectivity index (χ0v) is 16.1. The van der Waals surface area contributed by atoms with Gasteiger partial charge in [0.2, 0.25) is 0 Å². The van der Waals surface area contributed by atoms with Crippen LogP contribution < -0.4 is 5.32 Å². The number of amides is 3.